The number of ketones is 1. The Kier molecular flexibility index (Phi) is 4.75. The van der Waals surface area contributed by atoms with E-state index in [1.807, 2.05) is 91.0 Å². The molecule has 0 amide bonds. The molecule has 3 heteroatoms. The van der Waals surface area contributed by atoms with Crippen molar-refractivity contribution in [1.82, 2.24) is 4.98 Å². The standard InChI is InChI=1S/C24H18N2O/c27-23(20-7-2-1-3-8-20)16-12-18-10-14-21(15-11-18)25-24-17-13-19-6-4-5-9-22(19)26-24/h1-17H,(H,25,26). The Morgan fingerprint density at radius 3 is 2.33 bits per heavy atom. The third kappa shape index (κ3) is 4.10. The van der Waals surface area contributed by atoms with Crippen LogP contribution in [0.15, 0.2) is 97.1 Å². The lowest BCUT2D eigenvalue weighted by Gasteiger charge is -2.07. The minimum absolute atomic E-state index is 0.00170. The third-order valence-electron chi connectivity index (χ3n) is 4.27. The van der Waals surface area contributed by atoms with E-state index in [0.29, 0.717) is 5.56 Å². The second kappa shape index (κ2) is 7.67. The van der Waals surface area contributed by atoms with E-state index in [-0.39, 0.29) is 5.78 Å². The minimum atomic E-state index is -0.00170. The first-order valence-corrected chi connectivity index (χ1v) is 8.78. The van der Waals surface area contributed by atoms with Crippen molar-refractivity contribution in [3.05, 3.63) is 108 Å². The number of carbonyl (C=O) groups excluding carboxylic acids is 1. The van der Waals surface area contributed by atoms with Gasteiger partial charge >= 0.3 is 0 Å². The van der Waals surface area contributed by atoms with Crippen LogP contribution in [0, 0.1) is 0 Å². The Morgan fingerprint density at radius 2 is 1.52 bits per heavy atom. The Labute approximate surface area is 158 Å². The molecule has 3 nitrogen and oxygen atoms in total. The molecule has 3 aromatic carbocycles. The maximum atomic E-state index is 12.1. The SMILES string of the molecule is O=C(C=Cc1ccc(Nc2ccc3ccccc3n2)cc1)c1ccccc1. The molecule has 0 saturated carbocycles. The van der Waals surface area contributed by atoms with Crippen molar-refractivity contribution < 1.29 is 4.79 Å². The molecule has 1 N–H and O–H groups in total. The largest absolute Gasteiger partial charge is 0.340 e. The fourth-order valence-electron chi connectivity index (χ4n) is 2.83. The van der Waals surface area contributed by atoms with Crippen molar-refractivity contribution in [2.24, 2.45) is 0 Å². The number of pyridine rings is 1. The number of benzene rings is 3. The highest BCUT2D eigenvalue weighted by molar-refractivity contribution is 6.06. The Morgan fingerprint density at radius 1 is 0.778 bits per heavy atom. The number of nitrogens with zero attached hydrogens (tertiary/aromatic N) is 1. The van der Waals surface area contributed by atoms with Crippen molar-refractivity contribution in [2.45, 2.75) is 0 Å². The molecule has 0 aliphatic heterocycles. The molecule has 130 valence electrons. The van der Waals surface area contributed by atoms with Gasteiger partial charge in [-0.05, 0) is 42.0 Å². The molecule has 27 heavy (non-hydrogen) atoms. The highest BCUT2D eigenvalue weighted by atomic mass is 16.1. The average Bonchev–Trinajstić information content (AvgIpc) is 2.73. The molecule has 0 spiro atoms. The summed E-state index contributed by atoms with van der Waals surface area (Å²) < 4.78 is 0. The minimum Gasteiger partial charge on any atom is -0.340 e. The van der Waals surface area contributed by atoms with Gasteiger partial charge in [0.2, 0.25) is 0 Å². The molecule has 0 aliphatic carbocycles. The lowest BCUT2D eigenvalue weighted by molar-refractivity contribution is 0.104. The molecule has 0 aliphatic rings. The Bertz CT molecular complexity index is 1100. The number of carbonyl (C=O) groups is 1. The molecule has 1 aromatic heterocycles. The summed E-state index contributed by atoms with van der Waals surface area (Å²) in [5.41, 5.74) is 3.57. The van der Waals surface area contributed by atoms with Gasteiger partial charge in [-0.25, -0.2) is 4.98 Å². The smallest absolute Gasteiger partial charge is 0.185 e. The van der Waals surface area contributed by atoms with Crippen LogP contribution in [0.5, 0.6) is 0 Å². The van der Waals surface area contributed by atoms with Crippen molar-refractivity contribution in [2.75, 3.05) is 5.32 Å². The van der Waals surface area contributed by atoms with Crippen LogP contribution in [-0.4, -0.2) is 10.8 Å². The van der Waals surface area contributed by atoms with Gasteiger partial charge < -0.3 is 5.32 Å². The van der Waals surface area contributed by atoms with E-state index in [1.54, 1.807) is 6.08 Å². The van der Waals surface area contributed by atoms with Crippen LogP contribution in [0.4, 0.5) is 11.5 Å². The average molecular weight is 350 g/mol. The zero-order valence-electron chi connectivity index (χ0n) is 14.7. The molecule has 0 fully saturated rings. The van der Waals surface area contributed by atoms with Crippen molar-refractivity contribution in [3.8, 4) is 0 Å². The topological polar surface area (TPSA) is 42.0 Å². The Balaban J connectivity index is 1.45. The zero-order chi connectivity index (χ0) is 18.5. The van der Waals surface area contributed by atoms with Crippen LogP contribution in [0.2, 0.25) is 0 Å². The summed E-state index contributed by atoms with van der Waals surface area (Å²) in [6.07, 6.45) is 3.43. The second-order valence-electron chi connectivity index (χ2n) is 6.20. The molecule has 0 radical (unpaired) electrons. The molecule has 0 atom stereocenters. The number of aromatic nitrogens is 1. The number of fused-ring (bicyclic) bond motifs is 1. The number of para-hydroxylation sites is 1. The summed E-state index contributed by atoms with van der Waals surface area (Å²) in [5, 5.41) is 4.43. The van der Waals surface area contributed by atoms with E-state index in [0.717, 1.165) is 28.0 Å². The normalized spacial score (nSPS) is 11.0. The van der Waals surface area contributed by atoms with Gasteiger partial charge in [0.15, 0.2) is 5.78 Å². The fourth-order valence-corrected chi connectivity index (χ4v) is 2.83. The maximum Gasteiger partial charge on any atom is 0.185 e. The van der Waals surface area contributed by atoms with Crippen LogP contribution in [0.25, 0.3) is 17.0 Å². The zero-order valence-corrected chi connectivity index (χ0v) is 14.7. The molecule has 1 heterocycles. The summed E-state index contributed by atoms with van der Waals surface area (Å²) >= 11 is 0. The molecule has 0 bridgehead atoms. The molecule has 4 aromatic rings. The predicted octanol–water partition coefficient (Wildman–Crippen LogP) is 5.87. The first-order chi connectivity index (χ1) is 13.3. The molecular weight excluding hydrogens is 332 g/mol. The van der Waals surface area contributed by atoms with Gasteiger partial charge in [-0.15, -0.1) is 0 Å². The first-order valence-electron chi connectivity index (χ1n) is 8.78. The monoisotopic (exact) mass is 350 g/mol. The summed E-state index contributed by atoms with van der Waals surface area (Å²) in [6.45, 7) is 0. The van der Waals surface area contributed by atoms with Gasteiger partial charge in [0.05, 0.1) is 5.52 Å². The molecule has 4 rings (SSSR count). The van der Waals surface area contributed by atoms with Crippen LogP contribution < -0.4 is 5.32 Å². The van der Waals surface area contributed by atoms with Gasteiger partial charge in [-0.3, -0.25) is 4.79 Å². The van der Waals surface area contributed by atoms with Gasteiger partial charge in [-0.2, -0.15) is 0 Å². The molecule has 0 saturated heterocycles. The number of rotatable bonds is 5. The van der Waals surface area contributed by atoms with E-state index in [9.17, 15) is 4.79 Å². The van der Waals surface area contributed by atoms with E-state index in [1.165, 1.54) is 0 Å². The highest BCUT2D eigenvalue weighted by Gasteiger charge is 2.01. The summed E-state index contributed by atoms with van der Waals surface area (Å²) in [4.78, 5) is 16.7. The van der Waals surface area contributed by atoms with E-state index >= 15 is 0 Å². The van der Waals surface area contributed by atoms with Crippen molar-refractivity contribution in [3.63, 3.8) is 0 Å². The van der Waals surface area contributed by atoms with Gasteiger partial charge in [0.25, 0.3) is 0 Å². The third-order valence-corrected chi connectivity index (χ3v) is 4.27. The van der Waals surface area contributed by atoms with Crippen LogP contribution in [-0.2, 0) is 0 Å². The lowest BCUT2D eigenvalue weighted by atomic mass is 10.1. The maximum absolute atomic E-state index is 12.1. The summed E-state index contributed by atoms with van der Waals surface area (Å²) in [6, 6.07) is 29.2. The van der Waals surface area contributed by atoms with Crippen LogP contribution in [0.1, 0.15) is 15.9 Å². The number of allylic oxidation sites excluding steroid dienone is 1. The molecular formula is C24H18N2O. The number of hydrogen-bond donors (Lipinski definition) is 1. The quantitative estimate of drug-likeness (QED) is 0.361. The van der Waals surface area contributed by atoms with Gasteiger partial charge in [-0.1, -0.05) is 66.7 Å². The van der Waals surface area contributed by atoms with E-state index in [2.05, 4.69) is 16.4 Å². The van der Waals surface area contributed by atoms with Gasteiger partial charge in [0.1, 0.15) is 5.82 Å². The fraction of sp³-hybridized carbons (Fsp3) is 0. The number of nitrogens with one attached hydrogen (secondary N) is 1. The second-order valence-corrected chi connectivity index (χ2v) is 6.20. The number of hydrogen-bond acceptors (Lipinski definition) is 3. The van der Waals surface area contributed by atoms with E-state index < -0.39 is 0 Å². The van der Waals surface area contributed by atoms with Crippen molar-refractivity contribution in [1.29, 1.82) is 0 Å². The Hall–Kier alpha value is -3.72. The summed E-state index contributed by atoms with van der Waals surface area (Å²) in [5.74, 6) is 0.800. The molecule has 0 unspecified atom stereocenters. The summed E-state index contributed by atoms with van der Waals surface area (Å²) in [7, 11) is 0. The lowest BCUT2D eigenvalue weighted by Crippen LogP contribution is -1.94. The van der Waals surface area contributed by atoms with Crippen molar-refractivity contribution >= 4 is 34.3 Å². The van der Waals surface area contributed by atoms with Gasteiger partial charge in [0, 0.05) is 16.6 Å². The highest BCUT2D eigenvalue weighted by Crippen LogP contribution is 2.19. The number of anilines is 2. The predicted molar refractivity (Wildman–Crippen MR) is 111 cm³/mol. The van der Waals surface area contributed by atoms with Crippen LogP contribution in [0.3, 0.4) is 0 Å². The van der Waals surface area contributed by atoms with E-state index in [4.69, 9.17) is 0 Å². The first kappa shape index (κ1) is 16.7. The van der Waals surface area contributed by atoms with Crippen LogP contribution >= 0.6 is 0 Å².